The van der Waals surface area contributed by atoms with Crippen LogP contribution in [0.3, 0.4) is 0 Å². The van der Waals surface area contributed by atoms with Crippen LogP contribution in [0.1, 0.15) is 11.3 Å². The molecule has 7 heteroatoms. The Labute approximate surface area is 159 Å². The van der Waals surface area contributed by atoms with Crippen LogP contribution >= 0.6 is 0 Å². The first-order valence-electron chi connectivity index (χ1n) is 7.94. The van der Waals surface area contributed by atoms with E-state index in [0.717, 1.165) is 22.7 Å². The molecule has 0 bridgehead atoms. The molecule has 0 atom stereocenters. The van der Waals surface area contributed by atoms with E-state index in [1.54, 1.807) is 7.11 Å². The monoisotopic (exact) mass is 370 g/mol. The number of aromatic nitrogens is 2. The van der Waals surface area contributed by atoms with Crippen molar-refractivity contribution in [3.63, 3.8) is 0 Å². The fraction of sp³-hybridized carbons (Fsp3) is 0.158. The predicted molar refractivity (Wildman–Crippen MR) is 102 cm³/mol. The van der Waals surface area contributed by atoms with Crippen molar-refractivity contribution in [2.24, 2.45) is 0 Å². The standard InChI is InChI=1S/C19H21N5O.ClH/c1-12-5-4-6-15(11-12)23-19-21-13(2)17(20)18(24-19)22-14-7-9-16(25-3)10-8-14;/h4-11H,20H2,1-3H3,(H2,21,22,23,24);1H/p-1. The van der Waals surface area contributed by atoms with E-state index in [1.807, 2.05) is 62.4 Å². The summed E-state index contributed by atoms with van der Waals surface area (Å²) in [6, 6.07) is 15.6. The summed E-state index contributed by atoms with van der Waals surface area (Å²) in [6.45, 7) is 3.90. The molecule has 1 aromatic heterocycles. The van der Waals surface area contributed by atoms with E-state index in [1.165, 1.54) is 0 Å². The van der Waals surface area contributed by atoms with Gasteiger partial charge in [-0.3, -0.25) is 0 Å². The van der Waals surface area contributed by atoms with Crippen LogP contribution < -0.4 is 33.5 Å². The molecule has 0 radical (unpaired) electrons. The largest absolute Gasteiger partial charge is 1.00 e. The number of nitrogens with two attached hydrogens (primary N) is 1. The SMILES string of the molecule is COc1ccc(Nc2nc(Nc3cccc(C)c3)nc(C)c2N)cc1.[Cl-]. The maximum atomic E-state index is 6.13. The number of hydrogen-bond donors (Lipinski definition) is 3. The molecule has 3 aromatic rings. The second-order valence-electron chi connectivity index (χ2n) is 5.74. The molecule has 0 unspecified atom stereocenters. The average Bonchev–Trinajstić information content (AvgIpc) is 2.60. The number of rotatable bonds is 5. The quantitative estimate of drug-likeness (QED) is 0.625. The second-order valence-corrected chi connectivity index (χ2v) is 5.74. The molecule has 0 spiro atoms. The molecular weight excluding hydrogens is 350 g/mol. The first-order valence-corrected chi connectivity index (χ1v) is 7.94. The molecule has 3 rings (SSSR count). The summed E-state index contributed by atoms with van der Waals surface area (Å²) < 4.78 is 5.17. The van der Waals surface area contributed by atoms with Crippen molar-refractivity contribution in [3.8, 4) is 5.75 Å². The first-order chi connectivity index (χ1) is 12.0. The summed E-state index contributed by atoms with van der Waals surface area (Å²) in [7, 11) is 1.64. The molecular formula is C19H21ClN5O-. The van der Waals surface area contributed by atoms with Gasteiger partial charge in [-0.1, -0.05) is 12.1 Å². The summed E-state index contributed by atoms with van der Waals surface area (Å²) >= 11 is 0. The van der Waals surface area contributed by atoms with E-state index < -0.39 is 0 Å². The van der Waals surface area contributed by atoms with Crippen LogP contribution in [0.4, 0.5) is 28.8 Å². The van der Waals surface area contributed by atoms with E-state index in [9.17, 15) is 0 Å². The second kappa shape index (κ2) is 8.40. The maximum Gasteiger partial charge on any atom is 0.229 e. The van der Waals surface area contributed by atoms with E-state index >= 15 is 0 Å². The van der Waals surface area contributed by atoms with Crippen molar-refractivity contribution in [2.45, 2.75) is 13.8 Å². The Balaban J connectivity index is 0.00000243. The highest BCUT2D eigenvalue weighted by atomic mass is 35.5. The number of ether oxygens (including phenoxy) is 1. The van der Waals surface area contributed by atoms with Crippen LogP contribution in [0.15, 0.2) is 48.5 Å². The number of nitrogen functional groups attached to an aromatic ring is 1. The Bertz CT molecular complexity index is 884. The van der Waals surface area contributed by atoms with Crippen LogP contribution in [0.5, 0.6) is 5.75 Å². The minimum atomic E-state index is 0. The Hall–Kier alpha value is -2.99. The smallest absolute Gasteiger partial charge is 0.229 e. The fourth-order valence-electron chi connectivity index (χ4n) is 2.40. The molecule has 2 aromatic carbocycles. The van der Waals surface area contributed by atoms with Gasteiger partial charge in [0.2, 0.25) is 5.95 Å². The number of nitrogens with one attached hydrogen (secondary N) is 2. The van der Waals surface area contributed by atoms with Gasteiger partial charge in [-0.2, -0.15) is 4.98 Å². The molecule has 1 heterocycles. The maximum absolute atomic E-state index is 6.13. The molecule has 0 fully saturated rings. The van der Waals surface area contributed by atoms with Gasteiger partial charge in [0, 0.05) is 11.4 Å². The zero-order valence-corrected chi connectivity index (χ0v) is 15.6. The summed E-state index contributed by atoms with van der Waals surface area (Å²) in [5, 5.41) is 6.45. The van der Waals surface area contributed by atoms with E-state index in [-0.39, 0.29) is 12.4 Å². The summed E-state index contributed by atoms with van der Waals surface area (Å²) in [6.07, 6.45) is 0. The highest BCUT2D eigenvalue weighted by Crippen LogP contribution is 2.26. The molecule has 0 aliphatic rings. The number of benzene rings is 2. The van der Waals surface area contributed by atoms with Gasteiger partial charge in [0.15, 0.2) is 5.82 Å². The van der Waals surface area contributed by atoms with Crippen molar-refractivity contribution in [1.82, 2.24) is 9.97 Å². The van der Waals surface area contributed by atoms with E-state index in [2.05, 4.69) is 20.6 Å². The lowest BCUT2D eigenvalue weighted by Gasteiger charge is -2.13. The lowest BCUT2D eigenvalue weighted by atomic mass is 10.2. The number of hydrogen-bond acceptors (Lipinski definition) is 6. The molecule has 0 amide bonds. The third-order valence-corrected chi connectivity index (χ3v) is 3.76. The van der Waals surface area contributed by atoms with Crippen LogP contribution in [0.25, 0.3) is 0 Å². The summed E-state index contributed by atoms with van der Waals surface area (Å²) in [5.74, 6) is 1.85. The highest BCUT2D eigenvalue weighted by molar-refractivity contribution is 5.72. The summed E-state index contributed by atoms with van der Waals surface area (Å²) in [4.78, 5) is 8.93. The number of anilines is 5. The fourth-order valence-corrected chi connectivity index (χ4v) is 2.40. The predicted octanol–water partition coefficient (Wildman–Crippen LogP) is 1.18. The minimum Gasteiger partial charge on any atom is -1.00 e. The number of halogens is 1. The van der Waals surface area contributed by atoms with Gasteiger partial charge in [0.05, 0.1) is 18.5 Å². The average molecular weight is 371 g/mol. The van der Waals surface area contributed by atoms with Gasteiger partial charge >= 0.3 is 0 Å². The molecule has 136 valence electrons. The molecule has 0 saturated carbocycles. The van der Waals surface area contributed by atoms with Crippen LogP contribution in [0.2, 0.25) is 0 Å². The van der Waals surface area contributed by atoms with Crippen molar-refractivity contribution in [2.75, 3.05) is 23.5 Å². The molecule has 6 nitrogen and oxygen atoms in total. The first kappa shape index (κ1) is 19.3. The van der Waals surface area contributed by atoms with Crippen LogP contribution in [0, 0.1) is 13.8 Å². The van der Waals surface area contributed by atoms with E-state index in [0.29, 0.717) is 23.1 Å². The summed E-state index contributed by atoms with van der Waals surface area (Å²) in [5.41, 5.74) is 10.3. The lowest BCUT2D eigenvalue weighted by molar-refractivity contribution is -0.00000570. The van der Waals surface area contributed by atoms with Crippen molar-refractivity contribution < 1.29 is 17.1 Å². The van der Waals surface area contributed by atoms with Gasteiger partial charge < -0.3 is 33.5 Å². The van der Waals surface area contributed by atoms with Crippen molar-refractivity contribution in [1.29, 1.82) is 0 Å². The van der Waals surface area contributed by atoms with Crippen LogP contribution in [-0.2, 0) is 0 Å². The third-order valence-electron chi connectivity index (χ3n) is 3.76. The zero-order valence-electron chi connectivity index (χ0n) is 14.9. The third kappa shape index (κ3) is 4.55. The molecule has 4 N–H and O–H groups in total. The molecule has 0 aliphatic heterocycles. The van der Waals surface area contributed by atoms with Gasteiger partial charge in [-0.15, -0.1) is 0 Å². The van der Waals surface area contributed by atoms with Gasteiger partial charge in [0.1, 0.15) is 5.75 Å². The normalized spacial score (nSPS) is 9.96. The molecule has 0 aliphatic carbocycles. The van der Waals surface area contributed by atoms with Gasteiger partial charge in [0.25, 0.3) is 0 Å². The van der Waals surface area contributed by atoms with Gasteiger partial charge in [-0.25, -0.2) is 4.98 Å². The topological polar surface area (TPSA) is 85.1 Å². The Kier molecular flexibility index (Phi) is 6.25. The number of aryl methyl sites for hydroxylation is 2. The molecule has 26 heavy (non-hydrogen) atoms. The van der Waals surface area contributed by atoms with E-state index in [4.69, 9.17) is 10.5 Å². The van der Waals surface area contributed by atoms with Crippen molar-refractivity contribution >= 4 is 28.8 Å². The van der Waals surface area contributed by atoms with Gasteiger partial charge in [-0.05, 0) is 55.8 Å². The Morgan fingerprint density at radius 3 is 2.31 bits per heavy atom. The number of nitrogens with zero attached hydrogens (tertiary/aromatic N) is 2. The highest BCUT2D eigenvalue weighted by Gasteiger charge is 2.10. The zero-order chi connectivity index (χ0) is 17.8. The van der Waals surface area contributed by atoms with Crippen LogP contribution in [-0.4, -0.2) is 17.1 Å². The van der Waals surface area contributed by atoms with Crippen molar-refractivity contribution in [3.05, 3.63) is 59.8 Å². The Morgan fingerprint density at radius 2 is 1.65 bits per heavy atom. The molecule has 0 saturated heterocycles. The lowest BCUT2D eigenvalue weighted by Crippen LogP contribution is -3.00. The number of methoxy groups -OCH3 is 1. The minimum absolute atomic E-state index is 0. The Morgan fingerprint density at radius 1 is 0.923 bits per heavy atom.